The molecule has 1 amide bonds. The molecule has 1 heterocycles. The molecule has 4 nitrogen and oxygen atoms in total. The van der Waals surface area contributed by atoms with Crippen LogP contribution in [-0.2, 0) is 6.61 Å². The van der Waals surface area contributed by atoms with Crippen molar-refractivity contribution < 1.29 is 9.53 Å². The Balaban J connectivity index is 1.59. The van der Waals surface area contributed by atoms with E-state index in [1.54, 1.807) is 5.38 Å². The average Bonchev–Trinajstić information content (AvgIpc) is 3.06. The molecule has 3 aromatic rings. The van der Waals surface area contributed by atoms with Gasteiger partial charge in [-0.25, -0.2) is 4.98 Å². The second kappa shape index (κ2) is 7.27. The van der Waals surface area contributed by atoms with Crippen molar-refractivity contribution in [1.82, 2.24) is 4.98 Å². The first kappa shape index (κ1) is 16.2. The molecule has 0 fully saturated rings. The van der Waals surface area contributed by atoms with E-state index < -0.39 is 0 Å². The molecule has 0 unspecified atom stereocenters. The van der Waals surface area contributed by atoms with Gasteiger partial charge in [0.05, 0.1) is 0 Å². The number of carbonyl (C=O) groups is 1. The topological polar surface area (TPSA) is 51.2 Å². The van der Waals surface area contributed by atoms with E-state index in [1.165, 1.54) is 16.9 Å². The Kier molecular flexibility index (Phi) is 4.91. The first-order valence-electron chi connectivity index (χ1n) is 7.62. The number of amides is 1. The van der Waals surface area contributed by atoms with Gasteiger partial charge in [-0.15, -0.1) is 11.3 Å². The van der Waals surface area contributed by atoms with E-state index in [-0.39, 0.29) is 5.91 Å². The van der Waals surface area contributed by atoms with E-state index in [0.717, 1.165) is 22.0 Å². The summed E-state index contributed by atoms with van der Waals surface area (Å²) in [6.07, 6.45) is 0. The Morgan fingerprint density at radius 2 is 1.67 bits per heavy atom. The van der Waals surface area contributed by atoms with Crippen LogP contribution in [0.2, 0.25) is 0 Å². The van der Waals surface area contributed by atoms with Crippen molar-refractivity contribution in [2.45, 2.75) is 20.5 Å². The number of nitrogens with zero attached hydrogens (tertiary/aromatic N) is 1. The fraction of sp³-hybridized carbons (Fsp3) is 0.158. The molecule has 0 aliphatic heterocycles. The lowest BCUT2D eigenvalue weighted by Gasteiger charge is -2.04. The molecule has 0 spiro atoms. The van der Waals surface area contributed by atoms with Crippen molar-refractivity contribution >= 4 is 22.9 Å². The molecule has 0 radical (unpaired) electrons. The summed E-state index contributed by atoms with van der Waals surface area (Å²) in [4.78, 5) is 16.6. The summed E-state index contributed by atoms with van der Waals surface area (Å²) in [5.74, 6) is 0.582. The largest absolute Gasteiger partial charge is 0.486 e. The minimum absolute atomic E-state index is 0.211. The number of hydrogen-bond acceptors (Lipinski definition) is 4. The van der Waals surface area contributed by atoms with Crippen molar-refractivity contribution in [2.24, 2.45) is 0 Å². The lowest BCUT2D eigenvalue weighted by Crippen LogP contribution is -2.12. The standard InChI is InChI=1S/C19H18N2O2S/c1-13-3-7-15(8-4-13)20-19(22)17-12-24-18(21-17)11-23-16-9-5-14(2)6-10-16/h3-10,12H,11H2,1-2H3,(H,20,22). The van der Waals surface area contributed by atoms with Crippen LogP contribution >= 0.6 is 11.3 Å². The number of hydrogen-bond donors (Lipinski definition) is 1. The first-order chi connectivity index (χ1) is 11.6. The van der Waals surface area contributed by atoms with Crippen molar-refractivity contribution in [1.29, 1.82) is 0 Å². The third-order valence-corrected chi connectivity index (χ3v) is 4.30. The van der Waals surface area contributed by atoms with Crippen LogP contribution < -0.4 is 10.1 Å². The zero-order valence-electron chi connectivity index (χ0n) is 13.6. The number of aromatic nitrogens is 1. The molecule has 2 aromatic carbocycles. The molecule has 5 heteroatoms. The highest BCUT2D eigenvalue weighted by Gasteiger charge is 2.11. The van der Waals surface area contributed by atoms with Gasteiger partial charge in [0.1, 0.15) is 23.1 Å². The number of rotatable bonds is 5. The van der Waals surface area contributed by atoms with Gasteiger partial charge in [-0.1, -0.05) is 35.4 Å². The van der Waals surface area contributed by atoms with Crippen LogP contribution in [0, 0.1) is 13.8 Å². The van der Waals surface area contributed by atoms with Crippen LogP contribution in [-0.4, -0.2) is 10.9 Å². The predicted octanol–water partition coefficient (Wildman–Crippen LogP) is 4.59. The quantitative estimate of drug-likeness (QED) is 0.740. The van der Waals surface area contributed by atoms with Crippen molar-refractivity contribution in [3.8, 4) is 5.75 Å². The molecule has 0 saturated heterocycles. The number of carbonyl (C=O) groups excluding carboxylic acids is 1. The number of thiazole rings is 1. The molecular weight excluding hydrogens is 320 g/mol. The zero-order chi connectivity index (χ0) is 16.9. The normalized spacial score (nSPS) is 10.4. The van der Waals surface area contributed by atoms with Crippen LogP contribution in [0.4, 0.5) is 5.69 Å². The van der Waals surface area contributed by atoms with Gasteiger partial charge in [-0.2, -0.15) is 0 Å². The number of benzene rings is 2. The van der Waals surface area contributed by atoms with Crippen LogP contribution in [0.1, 0.15) is 26.6 Å². The summed E-state index contributed by atoms with van der Waals surface area (Å²) in [7, 11) is 0. The molecule has 122 valence electrons. The summed E-state index contributed by atoms with van der Waals surface area (Å²) >= 11 is 1.42. The molecular formula is C19H18N2O2S. The maximum Gasteiger partial charge on any atom is 0.275 e. The summed E-state index contributed by atoms with van der Waals surface area (Å²) in [6.45, 7) is 4.39. The summed E-state index contributed by atoms with van der Waals surface area (Å²) < 4.78 is 5.69. The van der Waals surface area contributed by atoms with Gasteiger partial charge in [0.2, 0.25) is 0 Å². The Labute approximate surface area is 145 Å². The maximum atomic E-state index is 12.2. The molecule has 1 N–H and O–H groups in total. The van der Waals surface area contributed by atoms with Crippen molar-refractivity contribution in [3.05, 3.63) is 75.7 Å². The smallest absolute Gasteiger partial charge is 0.275 e. The molecule has 0 saturated carbocycles. The Bertz CT molecular complexity index is 823. The van der Waals surface area contributed by atoms with Crippen LogP contribution in [0.25, 0.3) is 0 Å². The Hall–Kier alpha value is -2.66. The first-order valence-corrected chi connectivity index (χ1v) is 8.50. The zero-order valence-corrected chi connectivity index (χ0v) is 14.4. The molecule has 24 heavy (non-hydrogen) atoms. The molecule has 0 atom stereocenters. The lowest BCUT2D eigenvalue weighted by molar-refractivity contribution is 0.102. The maximum absolute atomic E-state index is 12.2. The molecule has 1 aromatic heterocycles. The second-order valence-electron chi connectivity index (χ2n) is 5.55. The minimum Gasteiger partial charge on any atom is -0.486 e. The second-order valence-corrected chi connectivity index (χ2v) is 6.49. The van der Waals surface area contributed by atoms with E-state index >= 15 is 0 Å². The van der Waals surface area contributed by atoms with Crippen LogP contribution in [0.15, 0.2) is 53.9 Å². The average molecular weight is 338 g/mol. The van der Waals surface area contributed by atoms with Gasteiger partial charge in [-0.05, 0) is 38.1 Å². The Morgan fingerprint density at radius 3 is 2.33 bits per heavy atom. The fourth-order valence-electron chi connectivity index (χ4n) is 2.09. The van der Waals surface area contributed by atoms with Gasteiger partial charge in [-0.3, -0.25) is 4.79 Å². The van der Waals surface area contributed by atoms with Gasteiger partial charge in [0.25, 0.3) is 5.91 Å². The third kappa shape index (κ3) is 4.20. The summed E-state index contributed by atoms with van der Waals surface area (Å²) in [6, 6.07) is 15.5. The van der Waals surface area contributed by atoms with Gasteiger partial charge in [0, 0.05) is 11.1 Å². The molecule has 3 rings (SSSR count). The van der Waals surface area contributed by atoms with Crippen molar-refractivity contribution in [3.63, 3.8) is 0 Å². The SMILES string of the molecule is Cc1ccc(NC(=O)c2csc(COc3ccc(C)cc3)n2)cc1. The highest BCUT2D eigenvalue weighted by atomic mass is 32.1. The molecule has 0 aliphatic carbocycles. The monoisotopic (exact) mass is 338 g/mol. The van der Waals surface area contributed by atoms with Gasteiger partial charge >= 0.3 is 0 Å². The Morgan fingerprint density at radius 1 is 1.04 bits per heavy atom. The number of nitrogens with one attached hydrogen (secondary N) is 1. The molecule has 0 bridgehead atoms. The van der Waals surface area contributed by atoms with Crippen LogP contribution in [0.3, 0.4) is 0 Å². The van der Waals surface area contributed by atoms with E-state index in [1.807, 2.05) is 62.4 Å². The summed E-state index contributed by atoms with van der Waals surface area (Å²) in [5.41, 5.74) is 3.50. The number of aryl methyl sites for hydroxylation is 2. The van der Waals surface area contributed by atoms with Gasteiger partial charge in [0.15, 0.2) is 0 Å². The number of ether oxygens (including phenoxy) is 1. The van der Waals surface area contributed by atoms with Crippen molar-refractivity contribution in [2.75, 3.05) is 5.32 Å². The lowest BCUT2D eigenvalue weighted by atomic mass is 10.2. The fourth-order valence-corrected chi connectivity index (χ4v) is 2.78. The highest BCUT2D eigenvalue weighted by molar-refractivity contribution is 7.09. The molecule has 0 aliphatic rings. The highest BCUT2D eigenvalue weighted by Crippen LogP contribution is 2.17. The minimum atomic E-state index is -0.211. The van der Waals surface area contributed by atoms with E-state index in [4.69, 9.17) is 4.74 Å². The number of anilines is 1. The van der Waals surface area contributed by atoms with E-state index in [9.17, 15) is 4.79 Å². The van der Waals surface area contributed by atoms with E-state index in [0.29, 0.717) is 12.3 Å². The summed E-state index contributed by atoms with van der Waals surface area (Å²) in [5, 5.41) is 5.36. The van der Waals surface area contributed by atoms with E-state index in [2.05, 4.69) is 10.3 Å². The van der Waals surface area contributed by atoms with Gasteiger partial charge < -0.3 is 10.1 Å². The van der Waals surface area contributed by atoms with Crippen LogP contribution in [0.5, 0.6) is 5.75 Å². The third-order valence-electron chi connectivity index (χ3n) is 3.48. The predicted molar refractivity (Wildman–Crippen MR) is 96.8 cm³/mol.